The Hall–Kier alpha value is -3.33. The van der Waals surface area contributed by atoms with Gasteiger partial charge < -0.3 is 10.4 Å². The predicted octanol–water partition coefficient (Wildman–Crippen LogP) is 2.74. The summed E-state index contributed by atoms with van der Waals surface area (Å²) in [6, 6.07) is -4.22. The summed E-state index contributed by atoms with van der Waals surface area (Å²) in [6.45, 7) is 0.0535. The van der Waals surface area contributed by atoms with Crippen molar-refractivity contribution in [3.8, 4) is 0 Å². The Kier molecular flexibility index (Phi) is 8.04. The van der Waals surface area contributed by atoms with Crippen LogP contribution in [-0.2, 0) is 22.1 Å². The highest BCUT2D eigenvalue weighted by Gasteiger charge is 2.48. The first kappa shape index (κ1) is 24.9. The zero-order valence-electron chi connectivity index (χ0n) is 15.9. The molecule has 1 aromatic carbocycles. The maximum atomic E-state index is 14.8. The molecule has 4 N–H and O–H groups in total. The number of carboxylic acid groups (broad SMARTS) is 1. The highest BCUT2D eigenvalue weighted by Crippen LogP contribution is 2.39. The summed E-state index contributed by atoms with van der Waals surface area (Å²) in [5, 5.41) is 20.3. The van der Waals surface area contributed by atoms with Crippen molar-refractivity contribution in [3.63, 3.8) is 0 Å². The average molecular weight is 482 g/mol. The number of halogens is 5. The molecule has 0 aliphatic carbocycles. The number of carbonyl (C=O) groups is 3. The average Bonchev–Trinajstić information content (AvgIpc) is 3.15. The Morgan fingerprint density at radius 3 is 2.44 bits per heavy atom. The van der Waals surface area contributed by atoms with Gasteiger partial charge in [-0.2, -0.15) is 13.7 Å². The van der Waals surface area contributed by atoms with Gasteiger partial charge in [0.2, 0.25) is 11.8 Å². The molecule has 9 nitrogen and oxygen atoms in total. The molecular weight excluding hydrogens is 467 g/mol. The van der Waals surface area contributed by atoms with E-state index in [2.05, 4.69) is 10.3 Å². The Morgan fingerprint density at radius 1 is 1.12 bits per heavy atom. The molecule has 0 radical (unpaired) electrons. The third-order valence-corrected chi connectivity index (χ3v) is 4.81. The van der Waals surface area contributed by atoms with E-state index in [1.807, 2.05) is 0 Å². The molecule has 0 saturated heterocycles. The molecule has 0 fully saturated rings. The zero-order chi connectivity index (χ0) is 24.1. The first-order chi connectivity index (χ1) is 15.0. The van der Waals surface area contributed by atoms with E-state index < -0.39 is 63.4 Å². The van der Waals surface area contributed by atoms with Crippen molar-refractivity contribution < 1.29 is 46.6 Å². The van der Waals surface area contributed by atoms with Crippen molar-refractivity contribution in [1.82, 2.24) is 15.8 Å². The first-order valence-electron chi connectivity index (χ1n) is 8.68. The molecule has 0 aliphatic heterocycles. The number of hydroxylamine groups is 1. The second-order valence-corrected chi connectivity index (χ2v) is 7.01. The third kappa shape index (κ3) is 5.67. The van der Waals surface area contributed by atoms with Gasteiger partial charge in [0.25, 0.3) is 0 Å². The van der Waals surface area contributed by atoms with E-state index in [0.29, 0.717) is 11.3 Å². The van der Waals surface area contributed by atoms with Gasteiger partial charge in [0, 0.05) is 18.3 Å². The molecule has 0 bridgehead atoms. The Bertz CT molecular complexity index is 1020. The standard InChI is InChI=1S/C17H15F5N4O5S/c18-10-4-3-9(13(19)14(10)20)17(21,22)26(16(29)30)15-24-8(7-32-15)6-12(28)23-5-1-2-11(27)25-31/h3-4,7,31H,1-2,5-6H2,(H,23,28)(H,25,27)(H,29,30). The minimum absolute atomic E-state index is 0.0535. The van der Waals surface area contributed by atoms with Crippen LogP contribution in [0.25, 0.3) is 0 Å². The van der Waals surface area contributed by atoms with Crippen LogP contribution in [0, 0.1) is 17.5 Å². The van der Waals surface area contributed by atoms with Gasteiger partial charge in [0.05, 0.1) is 17.7 Å². The molecule has 2 rings (SSSR count). The Morgan fingerprint density at radius 2 is 1.81 bits per heavy atom. The molecule has 15 heteroatoms. The molecule has 3 amide bonds. The van der Waals surface area contributed by atoms with Crippen molar-refractivity contribution in [3.05, 3.63) is 46.2 Å². The van der Waals surface area contributed by atoms with Gasteiger partial charge in [-0.15, -0.1) is 11.3 Å². The molecule has 32 heavy (non-hydrogen) atoms. The molecule has 0 saturated carbocycles. The topological polar surface area (TPSA) is 132 Å². The van der Waals surface area contributed by atoms with Crippen LogP contribution in [0.15, 0.2) is 17.5 Å². The van der Waals surface area contributed by atoms with Gasteiger partial charge in [-0.05, 0) is 18.6 Å². The summed E-state index contributed by atoms with van der Waals surface area (Å²) >= 11 is 0.401. The fourth-order valence-corrected chi connectivity index (χ4v) is 3.29. The summed E-state index contributed by atoms with van der Waals surface area (Å²) < 4.78 is 69.8. The minimum Gasteiger partial charge on any atom is -0.464 e. The lowest BCUT2D eigenvalue weighted by atomic mass is 10.1. The lowest BCUT2D eigenvalue weighted by Gasteiger charge is -2.27. The van der Waals surface area contributed by atoms with Crippen LogP contribution in [0.4, 0.5) is 31.9 Å². The van der Waals surface area contributed by atoms with Gasteiger partial charge in [0.1, 0.15) is 0 Å². The number of anilines is 1. The van der Waals surface area contributed by atoms with Gasteiger partial charge in [-0.25, -0.2) is 28.4 Å². The fraction of sp³-hybridized carbons (Fsp3) is 0.294. The lowest BCUT2D eigenvalue weighted by molar-refractivity contribution is -0.129. The quantitative estimate of drug-likeness (QED) is 0.109. The normalized spacial score (nSPS) is 11.2. The summed E-state index contributed by atoms with van der Waals surface area (Å²) in [4.78, 5) is 37.2. The summed E-state index contributed by atoms with van der Waals surface area (Å²) in [5.41, 5.74) is -0.405. The number of nitrogens with one attached hydrogen (secondary N) is 2. The van der Waals surface area contributed by atoms with Gasteiger partial charge in [-0.1, -0.05) is 0 Å². The number of nitrogens with zero attached hydrogens (tertiary/aromatic N) is 2. The number of benzene rings is 1. The number of alkyl halides is 2. The molecule has 1 heterocycles. The molecular formula is C17H15F5N4O5S. The molecule has 174 valence electrons. The largest absolute Gasteiger partial charge is 0.464 e. The van der Waals surface area contributed by atoms with Gasteiger partial charge >= 0.3 is 12.1 Å². The van der Waals surface area contributed by atoms with Crippen molar-refractivity contribution >= 4 is 34.4 Å². The SMILES string of the molecule is O=C(CCCNC(=O)Cc1csc(N(C(=O)O)C(F)(F)c2ccc(F)c(F)c2F)n1)NO. The molecule has 0 aliphatic rings. The highest BCUT2D eigenvalue weighted by molar-refractivity contribution is 7.14. The summed E-state index contributed by atoms with van der Waals surface area (Å²) in [5.74, 6) is -7.46. The number of hydrogen-bond donors (Lipinski definition) is 4. The third-order valence-electron chi connectivity index (χ3n) is 3.93. The lowest BCUT2D eigenvalue weighted by Crippen LogP contribution is -2.44. The minimum atomic E-state index is -4.66. The van der Waals surface area contributed by atoms with Crippen LogP contribution in [0.5, 0.6) is 0 Å². The van der Waals surface area contributed by atoms with Crippen LogP contribution in [0.2, 0.25) is 0 Å². The van der Waals surface area contributed by atoms with Crippen molar-refractivity contribution in [1.29, 1.82) is 0 Å². The van der Waals surface area contributed by atoms with Crippen molar-refractivity contribution in [2.24, 2.45) is 0 Å². The van der Waals surface area contributed by atoms with Crippen LogP contribution in [-0.4, -0.2) is 39.8 Å². The van der Waals surface area contributed by atoms with Crippen molar-refractivity contribution in [2.45, 2.75) is 25.3 Å². The Balaban J connectivity index is 2.16. The molecule has 0 atom stereocenters. The van der Waals surface area contributed by atoms with Gasteiger partial charge in [-0.3, -0.25) is 14.8 Å². The predicted molar refractivity (Wildman–Crippen MR) is 98.7 cm³/mol. The van der Waals surface area contributed by atoms with E-state index >= 15 is 0 Å². The first-order valence-corrected chi connectivity index (χ1v) is 9.56. The second kappa shape index (κ2) is 10.3. The highest BCUT2D eigenvalue weighted by atomic mass is 32.1. The second-order valence-electron chi connectivity index (χ2n) is 6.17. The molecule has 0 unspecified atom stereocenters. The van der Waals surface area contributed by atoms with E-state index in [-0.39, 0.29) is 37.2 Å². The van der Waals surface area contributed by atoms with E-state index in [1.54, 1.807) is 0 Å². The van der Waals surface area contributed by atoms with Crippen LogP contribution in [0.1, 0.15) is 24.1 Å². The monoisotopic (exact) mass is 482 g/mol. The number of amides is 3. The molecule has 2 aromatic rings. The molecule has 0 spiro atoms. The summed E-state index contributed by atoms with van der Waals surface area (Å²) in [6.07, 6.45) is -2.56. The van der Waals surface area contributed by atoms with E-state index in [4.69, 9.17) is 5.21 Å². The number of carbonyl (C=O) groups excluding carboxylic acids is 2. The number of thiazole rings is 1. The van der Waals surface area contributed by atoms with Crippen LogP contribution >= 0.6 is 11.3 Å². The zero-order valence-corrected chi connectivity index (χ0v) is 16.7. The number of hydrogen-bond acceptors (Lipinski definition) is 6. The number of aromatic nitrogens is 1. The van der Waals surface area contributed by atoms with E-state index in [1.165, 1.54) is 5.48 Å². The van der Waals surface area contributed by atoms with Crippen LogP contribution < -0.4 is 15.7 Å². The van der Waals surface area contributed by atoms with Crippen molar-refractivity contribution in [2.75, 3.05) is 11.4 Å². The van der Waals surface area contributed by atoms with Gasteiger partial charge in [0.15, 0.2) is 22.6 Å². The van der Waals surface area contributed by atoms with E-state index in [0.717, 1.165) is 5.38 Å². The fourth-order valence-electron chi connectivity index (χ4n) is 2.44. The molecule has 1 aromatic heterocycles. The van der Waals surface area contributed by atoms with E-state index in [9.17, 15) is 41.4 Å². The Labute approximate surface area is 180 Å². The summed E-state index contributed by atoms with van der Waals surface area (Å²) in [7, 11) is 0. The smallest absolute Gasteiger partial charge is 0.418 e. The number of rotatable bonds is 9. The maximum Gasteiger partial charge on any atom is 0.418 e. The van der Waals surface area contributed by atoms with Crippen LogP contribution in [0.3, 0.4) is 0 Å². The maximum absolute atomic E-state index is 14.8.